The number of benzene rings is 5. The van der Waals surface area contributed by atoms with Gasteiger partial charge in [0.15, 0.2) is 0 Å². The van der Waals surface area contributed by atoms with Gasteiger partial charge < -0.3 is 0 Å². The zero-order valence-corrected chi connectivity index (χ0v) is 29.3. The van der Waals surface area contributed by atoms with E-state index in [-0.39, 0.29) is 0 Å². The summed E-state index contributed by atoms with van der Waals surface area (Å²) < 4.78 is 0. The van der Waals surface area contributed by atoms with E-state index in [9.17, 15) is 0 Å². The molecule has 0 heteroatoms. The number of rotatable bonds is 12. The molecule has 0 atom stereocenters. The Balaban J connectivity index is 1.64. The highest BCUT2D eigenvalue weighted by molar-refractivity contribution is 5.97. The fourth-order valence-corrected chi connectivity index (χ4v) is 6.37. The van der Waals surface area contributed by atoms with E-state index < -0.39 is 0 Å². The Morgan fingerprint density at radius 2 is 1.08 bits per heavy atom. The highest BCUT2D eigenvalue weighted by atomic mass is 14.2. The standard InChI is InChI=1S/C49H46/c1-8-18-35(4)45-22-14-16-24-47(45)48-25-17-15-23-46(48)36(5)34-49(44-32-30-42(31-33-44)39(10-3)19-9-2)38(7)37(6)40-26-28-43(29-27-40)41-20-12-11-13-21-41/h9-34H,2-3,6,8H2,1,4-5,7H3/b35-18+,36-34+,39-19+,49-38+. The van der Waals surface area contributed by atoms with E-state index in [1.807, 2.05) is 18.2 Å². The second-order valence-corrected chi connectivity index (χ2v) is 12.3. The van der Waals surface area contributed by atoms with E-state index in [4.69, 9.17) is 0 Å². The van der Waals surface area contributed by atoms with Gasteiger partial charge in [0.2, 0.25) is 0 Å². The maximum atomic E-state index is 4.62. The van der Waals surface area contributed by atoms with Crippen LogP contribution in [0.3, 0.4) is 0 Å². The third kappa shape index (κ3) is 8.06. The molecule has 0 saturated heterocycles. The Morgan fingerprint density at radius 3 is 1.65 bits per heavy atom. The molecule has 0 aliphatic rings. The number of hydrogen-bond acceptors (Lipinski definition) is 0. The molecule has 5 aromatic carbocycles. The fraction of sp³-hybridized carbons (Fsp3) is 0.102. The van der Waals surface area contributed by atoms with E-state index in [0.29, 0.717) is 0 Å². The maximum Gasteiger partial charge on any atom is -0.0103 e. The van der Waals surface area contributed by atoms with E-state index >= 15 is 0 Å². The maximum absolute atomic E-state index is 4.62. The van der Waals surface area contributed by atoms with Gasteiger partial charge in [0, 0.05) is 0 Å². The van der Waals surface area contributed by atoms with Gasteiger partial charge in [-0.05, 0) is 111 Å². The van der Waals surface area contributed by atoms with Crippen molar-refractivity contribution in [2.24, 2.45) is 0 Å². The molecule has 5 aromatic rings. The van der Waals surface area contributed by atoms with Crippen molar-refractivity contribution >= 4 is 27.9 Å². The zero-order valence-electron chi connectivity index (χ0n) is 29.3. The van der Waals surface area contributed by atoms with Crippen molar-refractivity contribution in [2.45, 2.75) is 34.1 Å². The van der Waals surface area contributed by atoms with Gasteiger partial charge in [0.05, 0.1) is 0 Å². The quantitative estimate of drug-likeness (QED) is 0.120. The molecule has 0 aliphatic carbocycles. The van der Waals surface area contributed by atoms with Crippen LogP contribution in [0.4, 0.5) is 0 Å². The second-order valence-electron chi connectivity index (χ2n) is 12.3. The normalized spacial score (nSPS) is 12.7. The van der Waals surface area contributed by atoms with Gasteiger partial charge in [-0.2, -0.15) is 0 Å². The molecule has 0 N–H and O–H groups in total. The Bertz CT molecular complexity index is 2070. The lowest BCUT2D eigenvalue weighted by Crippen LogP contribution is -1.95. The summed E-state index contributed by atoms with van der Waals surface area (Å²) in [5.41, 5.74) is 17.5. The van der Waals surface area contributed by atoms with Crippen molar-refractivity contribution in [3.63, 3.8) is 0 Å². The van der Waals surface area contributed by atoms with Gasteiger partial charge in [0.25, 0.3) is 0 Å². The fourth-order valence-electron chi connectivity index (χ4n) is 6.37. The molecule has 0 bridgehead atoms. The van der Waals surface area contributed by atoms with Crippen molar-refractivity contribution in [1.29, 1.82) is 0 Å². The van der Waals surface area contributed by atoms with Crippen molar-refractivity contribution < 1.29 is 0 Å². The van der Waals surface area contributed by atoms with E-state index in [2.05, 4.69) is 181 Å². The SMILES string of the molecule is C=C/C=C(\C=C)c1ccc(C(/C=C(\C)c2ccccc2-c2ccccc2/C(C)=C/CC)=C(\C)C(=C)c2ccc(-c3ccccc3)cc2)cc1. The molecule has 0 aliphatic heterocycles. The summed E-state index contributed by atoms with van der Waals surface area (Å²) in [6.07, 6.45) is 11.3. The third-order valence-corrected chi connectivity index (χ3v) is 9.11. The van der Waals surface area contributed by atoms with Crippen LogP contribution in [0.15, 0.2) is 183 Å². The van der Waals surface area contributed by atoms with E-state index in [1.165, 1.54) is 44.5 Å². The molecule has 0 aromatic heterocycles. The molecule has 0 saturated carbocycles. The van der Waals surface area contributed by atoms with Crippen LogP contribution in [-0.2, 0) is 0 Å². The van der Waals surface area contributed by atoms with Gasteiger partial charge in [-0.15, -0.1) is 0 Å². The molecule has 49 heavy (non-hydrogen) atoms. The van der Waals surface area contributed by atoms with Crippen molar-refractivity contribution in [1.82, 2.24) is 0 Å². The average Bonchev–Trinajstić information content (AvgIpc) is 3.16. The summed E-state index contributed by atoms with van der Waals surface area (Å²) in [5, 5.41) is 0. The highest BCUT2D eigenvalue weighted by Crippen LogP contribution is 2.37. The minimum absolute atomic E-state index is 1.00. The van der Waals surface area contributed by atoms with Gasteiger partial charge in [-0.25, -0.2) is 0 Å². The molecule has 0 nitrogen and oxygen atoms in total. The van der Waals surface area contributed by atoms with E-state index in [1.54, 1.807) is 6.08 Å². The van der Waals surface area contributed by atoms with Crippen LogP contribution >= 0.6 is 0 Å². The van der Waals surface area contributed by atoms with Crippen molar-refractivity contribution in [3.05, 3.63) is 211 Å². The summed E-state index contributed by atoms with van der Waals surface area (Å²) in [4.78, 5) is 0. The summed E-state index contributed by atoms with van der Waals surface area (Å²) >= 11 is 0. The zero-order chi connectivity index (χ0) is 34.8. The van der Waals surface area contributed by atoms with Gasteiger partial charge >= 0.3 is 0 Å². The minimum atomic E-state index is 1.00. The Kier molecular flexibility index (Phi) is 11.6. The molecule has 0 heterocycles. The van der Waals surface area contributed by atoms with Crippen LogP contribution in [0.1, 0.15) is 61.9 Å². The predicted octanol–water partition coefficient (Wildman–Crippen LogP) is 14.2. The first-order chi connectivity index (χ1) is 23.9. The molecular formula is C49H46. The molecule has 0 radical (unpaired) electrons. The van der Waals surface area contributed by atoms with Gasteiger partial charge in [-0.3, -0.25) is 0 Å². The van der Waals surface area contributed by atoms with Crippen LogP contribution in [0.25, 0.3) is 50.1 Å². The molecule has 242 valence electrons. The van der Waals surface area contributed by atoms with Crippen LogP contribution in [0.5, 0.6) is 0 Å². The predicted molar refractivity (Wildman–Crippen MR) is 218 cm³/mol. The Labute approximate surface area is 294 Å². The average molecular weight is 635 g/mol. The largest absolute Gasteiger partial charge is 0.0990 e. The first-order valence-corrected chi connectivity index (χ1v) is 17.0. The highest BCUT2D eigenvalue weighted by Gasteiger charge is 2.15. The first-order valence-electron chi connectivity index (χ1n) is 17.0. The van der Waals surface area contributed by atoms with Crippen LogP contribution in [0, 0.1) is 0 Å². The van der Waals surface area contributed by atoms with Crippen molar-refractivity contribution in [3.8, 4) is 22.3 Å². The number of allylic oxidation sites excluding steroid dienone is 11. The second kappa shape index (κ2) is 16.4. The van der Waals surface area contributed by atoms with Gasteiger partial charge in [-0.1, -0.05) is 184 Å². The van der Waals surface area contributed by atoms with Crippen LogP contribution in [0.2, 0.25) is 0 Å². The monoisotopic (exact) mass is 634 g/mol. The molecule has 0 fully saturated rings. The Morgan fingerprint density at radius 1 is 0.571 bits per heavy atom. The molecule has 0 amide bonds. The summed E-state index contributed by atoms with van der Waals surface area (Å²) in [6, 6.07) is 45.4. The number of hydrogen-bond donors (Lipinski definition) is 0. The third-order valence-electron chi connectivity index (χ3n) is 9.11. The van der Waals surface area contributed by atoms with E-state index in [0.717, 1.165) is 45.4 Å². The van der Waals surface area contributed by atoms with Crippen LogP contribution in [-0.4, -0.2) is 0 Å². The lowest BCUT2D eigenvalue weighted by atomic mass is 9.87. The van der Waals surface area contributed by atoms with Gasteiger partial charge in [0.1, 0.15) is 0 Å². The summed E-state index contributed by atoms with van der Waals surface area (Å²) in [6.45, 7) is 21.3. The summed E-state index contributed by atoms with van der Waals surface area (Å²) in [7, 11) is 0. The Hall–Kier alpha value is -5.72. The first kappa shape index (κ1) is 34.6. The molecule has 0 unspecified atom stereocenters. The lowest BCUT2D eigenvalue weighted by molar-refractivity contribution is 1.22. The smallest absolute Gasteiger partial charge is 0.0103 e. The lowest BCUT2D eigenvalue weighted by Gasteiger charge is -2.18. The molecule has 5 rings (SSSR count). The molecule has 0 spiro atoms. The summed E-state index contributed by atoms with van der Waals surface area (Å²) in [5.74, 6) is 0. The van der Waals surface area contributed by atoms with Crippen molar-refractivity contribution in [2.75, 3.05) is 0 Å². The van der Waals surface area contributed by atoms with Crippen LogP contribution < -0.4 is 0 Å². The minimum Gasteiger partial charge on any atom is -0.0990 e. The topological polar surface area (TPSA) is 0 Å². The molecular weight excluding hydrogens is 589 g/mol.